The van der Waals surface area contributed by atoms with E-state index in [0.717, 1.165) is 16.7 Å². The van der Waals surface area contributed by atoms with Crippen molar-refractivity contribution in [2.75, 3.05) is 0 Å². The zero-order valence-electron chi connectivity index (χ0n) is 11.1. The summed E-state index contributed by atoms with van der Waals surface area (Å²) >= 11 is 6.05. The molecule has 0 bridgehead atoms. The lowest BCUT2D eigenvalue weighted by Gasteiger charge is -2.11. The maximum Gasteiger partial charge on any atom is 0.159 e. The van der Waals surface area contributed by atoms with Crippen molar-refractivity contribution in [3.63, 3.8) is 0 Å². The number of carbonyl (C=O) groups excluding carboxylic acids is 1. The second-order valence-corrected chi connectivity index (χ2v) is 5.07. The first kappa shape index (κ1) is 13.8. The molecule has 0 aromatic heterocycles. The highest BCUT2D eigenvalue weighted by Gasteiger charge is 2.12. The Kier molecular flexibility index (Phi) is 3.72. The number of carbonyl (C=O) groups is 1. The number of hydrogen-bond donors (Lipinski definition) is 0. The Morgan fingerprint density at radius 3 is 2.37 bits per heavy atom. The van der Waals surface area contributed by atoms with Gasteiger partial charge in [-0.15, -0.1) is 0 Å². The monoisotopic (exact) mass is 276 g/mol. The molecular formula is C16H14ClFO. The van der Waals surface area contributed by atoms with Crippen LogP contribution in [0.15, 0.2) is 30.3 Å². The van der Waals surface area contributed by atoms with E-state index in [1.54, 1.807) is 6.07 Å². The Bertz CT molecular complexity index is 662. The second kappa shape index (κ2) is 5.14. The van der Waals surface area contributed by atoms with Crippen LogP contribution in [-0.4, -0.2) is 5.78 Å². The van der Waals surface area contributed by atoms with Crippen molar-refractivity contribution in [1.29, 1.82) is 0 Å². The van der Waals surface area contributed by atoms with Crippen molar-refractivity contribution in [2.45, 2.75) is 20.8 Å². The average molecular weight is 277 g/mol. The van der Waals surface area contributed by atoms with Gasteiger partial charge in [-0.3, -0.25) is 4.79 Å². The van der Waals surface area contributed by atoms with Crippen LogP contribution in [0.3, 0.4) is 0 Å². The maximum atomic E-state index is 14.0. The van der Waals surface area contributed by atoms with Gasteiger partial charge >= 0.3 is 0 Å². The molecule has 2 rings (SSSR count). The molecule has 0 saturated carbocycles. The molecule has 2 aromatic carbocycles. The number of halogens is 2. The first-order valence-corrected chi connectivity index (χ1v) is 6.35. The van der Waals surface area contributed by atoms with Gasteiger partial charge in [0.15, 0.2) is 5.78 Å². The lowest BCUT2D eigenvalue weighted by Crippen LogP contribution is -1.96. The largest absolute Gasteiger partial charge is 0.295 e. The Labute approximate surface area is 117 Å². The molecular weight excluding hydrogens is 263 g/mol. The molecule has 0 heterocycles. The Morgan fingerprint density at radius 2 is 1.74 bits per heavy atom. The lowest BCUT2D eigenvalue weighted by atomic mass is 9.96. The van der Waals surface area contributed by atoms with Gasteiger partial charge in [-0.25, -0.2) is 4.39 Å². The first-order valence-electron chi connectivity index (χ1n) is 5.97. The molecule has 0 aliphatic carbocycles. The minimum atomic E-state index is -0.338. The summed E-state index contributed by atoms with van der Waals surface area (Å²) < 4.78 is 14.0. The Hall–Kier alpha value is -1.67. The van der Waals surface area contributed by atoms with Crippen LogP contribution in [0.1, 0.15) is 28.4 Å². The van der Waals surface area contributed by atoms with Crippen molar-refractivity contribution in [2.24, 2.45) is 0 Å². The van der Waals surface area contributed by atoms with Crippen molar-refractivity contribution < 1.29 is 9.18 Å². The van der Waals surface area contributed by atoms with Gasteiger partial charge < -0.3 is 0 Å². The van der Waals surface area contributed by atoms with Crippen LogP contribution in [-0.2, 0) is 0 Å². The molecule has 0 atom stereocenters. The highest BCUT2D eigenvalue weighted by atomic mass is 35.5. The molecule has 0 radical (unpaired) electrons. The predicted molar refractivity (Wildman–Crippen MR) is 76.3 cm³/mol. The van der Waals surface area contributed by atoms with E-state index in [9.17, 15) is 9.18 Å². The highest BCUT2D eigenvalue weighted by molar-refractivity contribution is 6.31. The normalized spacial score (nSPS) is 10.6. The van der Waals surface area contributed by atoms with E-state index < -0.39 is 0 Å². The summed E-state index contributed by atoms with van der Waals surface area (Å²) in [5, 5.41) is 0.657. The van der Waals surface area contributed by atoms with Gasteiger partial charge in [0.05, 0.1) is 0 Å². The molecule has 0 amide bonds. The molecule has 2 aromatic rings. The fraction of sp³-hybridized carbons (Fsp3) is 0.188. The van der Waals surface area contributed by atoms with Gasteiger partial charge in [-0.1, -0.05) is 11.6 Å². The molecule has 3 heteroatoms. The summed E-state index contributed by atoms with van der Waals surface area (Å²) in [4.78, 5) is 11.4. The van der Waals surface area contributed by atoms with E-state index in [2.05, 4.69) is 0 Å². The van der Waals surface area contributed by atoms with Crippen LogP contribution < -0.4 is 0 Å². The summed E-state index contributed by atoms with van der Waals surface area (Å²) in [6, 6.07) is 8.08. The van der Waals surface area contributed by atoms with Crippen LogP contribution in [0.25, 0.3) is 11.1 Å². The molecule has 19 heavy (non-hydrogen) atoms. The molecule has 0 saturated heterocycles. The molecule has 1 nitrogen and oxygen atoms in total. The number of aryl methyl sites for hydroxylation is 2. The van der Waals surface area contributed by atoms with Gasteiger partial charge in [0.25, 0.3) is 0 Å². The fourth-order valence-electron chi connectivity index (χ4n) is 2.02. The summed E-state index contributed by atoms with van der Waals surface area (Å²) in [5.41, 5.74) is 3.47. The van der Waals surface area contributed by atoms with Crippen molar-refractivity contribution in [3.05, 3.63) is 57.9 Å². The molecule has 0 aliphatic rings. The quantitative estimate of drug-likeness (QED) is 0.708. The lowest BCUT2D eigenvalue weighted by molar-refractivity contribution is 0.101. The molecule has 98 valence electrons. The Balaban J connectivity index is 2.67. The fourth-order valence-corrected chi connectivity index (χ4v) is 2.24. The number of Topliss-reactive ketones (excluding diaryl/α,β-unsaturated/α-hetero) is 1. The van der Waals surface area contributed by atoms with Crippen molar-refractivity contribution in [1.82, 2.24) is 0 Å². The molecule has 0 N–H and O–H groups in total. The van der Waals surface area contributed by atoms with Gasteiger partial charge in [0, 0.05) is 16.1 Å². The van der Waals surface area contributed by atoms with Crippen LogP contribution in [0.5, 0.6) is 0 Å². The van der Waals surface area contributed by atoms with E-state index >= 15 is 0 Å². The highest BCUT2D eigenvalue weighted by Crippen LogP contribution is 2.31. The minimum absolute atomic E-state index is 0.0791. The van der Waals surface area contributed by atoms with Crippen LogP contribution in [0.4, 0.5) is 4.39 Å². The standard InChI is InChI=1S/C16H14ClFO/c1-9-7-15(17)10(2)6-13(9)14-8-12(11(3)19)4-5-16(14)18/h4-8H,1-3H3. The van der Waals surface area contributed by atoms with Crippen LogP contribution in [0.2, 0.25) is 5.02 Å². The van der Waals surface area contributed by atoms with Gasteiger partial charge in [0.1, 0.15) is 5.82 Å². The van der Waals surface area contributed by atoms with Crippen LogP contribution in [0, 0.1) is 19.7 Å². The van der Waals surface area contributed by atoms with E-state index in [4.69, 9.17) is 11.6 Å². The third-order valence-corrected chi connectivity index (χ3v) is 3.58. The third-order valence-electron chi connectivity index (χ3n) is 3.17. The van der Waals surface area contributed by atoms with Gasteiger partial charge in [0.2, 0.25) is 0 Å². The smallest absolute Gasteiger partial charge is 0.159 e. The number of hydrogen-bond acceptors (Lipinski definition) is 1. The van der Waals surface area contributed by atoms with Crippen molar-refractivity contribution >= 4 is 17.4 Å². The van der Waals surface area contributed by atoms with E-state index in [1.807, 2.05) is 26.0 Å². The average Bonchev–Trinajstić information content (AvgIpc) is 2.34. The maximum absolute atomic E-state index is 14.0. The minimum Gasteiger partial charge on any atom is -0.295 e. The first-order chi connectivity index (χ1) is 8.90. The zero-order chi connectivity index (χ0) is 14.2. The van der Waals surface area contributed by atoms with Gasteiger partial charge in [-0.05, 0) is 67.8 Å². The summed E-state index contributed by atoms with van der Waals surface area (Å²) in [6.07, 6.45) is 0. The topological polar surface area (TPSA) is 17.1 Å². The van der Waals surface area contributed by atoms with E-state index in [1.165, 1.54) is 19.1 Å². The molecule has 0 unspecified atom stereocenters. The van der Waals surface area contributed by atoms with E-state index in [-0.39, 0.29) is 11.6 Å². The molecule has 0 aliphatic heterocycles. The summed E-state index contributed by atoms with van der Waals surface area (Å²) in [6.45, 7) is 5.22. The second-order valence-electron chi connectivity index (χ2n) is 4.67. The zero-order valence-corrected chi connectivity index (χ0v) is 11.8. The SMILES string of the molecule is CC(=O)c1ccc(F)c(-c2cc(C)c(Cl)cc2C)c1. The molecule has 0 fully saturated rings. The number of rotatable bonds is 2. The van der Waals surface area contributed by atoms with E-state index in [0.29, 0.717) is 16.1 Å². The van der Waals surface area contributed by atoms with Gasteiger partial charge in [-0.2, -0.15) is 0 Å². The summed E-state index contributed by atoms with van der Waals surface area (Å²) in [5.74, 6) is -0.417. The predicted octanol–water partition coefficient (Wildman–Crippen LogP) is 4.97. The molecule has 0 spiro atoms. The number of benzene rings is 2. The number of ketones is 1. The van der Waals surface area contributed by atoms with Crippen LogP contribution >= 0.6 is 11.6 Å². The van der Waals surface area contributed by atoms with Crippen molar-refractivity contribution in [3.8, 4) is 11.1 Å². The summed E-state index contributed by atoms with van der Waals surface area (Å²) in [7, 11) is 0. The Morgan fingerprint density at radius 1 is 1.05 bits per heavy atom. The third kappa shape index (κ3) is 2.69.